The van der Waals surface area contributed by atoms with Gasteiger partial charge in [0.1, 0.15) is 0 Å². The molecule has 1 aliphatic heterocycles. The lowest BCUT2D eigenvalue weighted by molar-refractivity contribution is 0.0567. The largest absolute Gasteiger partial charge is 0.335 e. The van der Waals surface area contributed by atoms with Crippen molar-refractivity contribution in [3.63, 3.8) is 0 Å². The van der Waals surface area contributed by atoms with Gasteiger partial charge in [0.2, 0.25) is 0 Å². The van der Waals surface area contributed by atoms with Crippen LogP contribution in [0.1, 0.15) is 56.1 Å². The topological polar surface area (TPSA) is 58.4 Å². The predicted molar refractivity (Wildman–Crippen MR) is 106 cm³/mol. The summed E-state index contributed by atoms with van der Waals surface area (Å²) in [4.78, 5) is 30.4. The first kappa shape index (κ1) is 18.2. The Labute approximate surface area is 159 Å². The highest BCUT2D eigenvalue weighted by Gasteiger charge is 2.30. The molecule has 2 aliphatic rings. The van der Waals surface area contributed by atoms with Gasteiger partial charge >= 0.3 is 0 Å². The Balaban J connectivity index is 1.61. The maximum Gasteiger partial charge on any atom is 0.275 e. The molecule has 0 unspecified atom stereocenters. The molecule has 0 N–H and O–H groups in total. The molecule has 0 spiro atoms. The average Bonchev–Trinajstić information content (AvgIpc) is 3.23. The lowest BCUT2D eigenvalue weighted by Gasteiger charge is -2.38. The number of benzene rings is 1. The zero-order chi connectivity index (χ0) is 19.0. The zero-order valence-electron chi connectivity index (χ0n) is 16.2. The van der Waals surface area contributed by atoms with Crippen molar-refractivity contribution < 1.29 is 4.79 Å². The van der Waals surface area contributed by atoms with E-state index in [0.29, 0.717) is 22.5 Å². The molecule has 1 saturated carbocycles. The number of carbonyl (C=O) groups is 1. The van der Waals surface area contributed by atoms with Crippen LogP contribution in [0.25, 0.3) is 10.8 Å². The van der Waals surface area contributed by atoms with Crippen molar-refractivity contribution in [1.82, 2.24) is 19.6 Å². The molecule has 0 bridgehead atoms. The van der Waals surface area contributed by atoms with Gasteiger partial charge in [-0.25, -0.2) is 4.68 Å². The van der Waals surface area contributed by atoms with Crippen molar-refractivity contribution in [3.8, 4) is 0 Å². The van der Waals surface area contributed by atoms with Crippen molar-refractivity contribution in [2.24, 2.45) is 0 Å². The van der Waals surface area contributed by atoms with Gasteiger partial charge in [0.25, 0.3) is 11.5 Å². The Morgan fingerprint density at radius 3 is 2.30 bits per heavy atom. The van der Waals surface area contributed by atoms with E-state index in [-0.39, 0.29) is 17.5 Å². The molecule has 1 aromatic carbocycles. The van der Waals surface area contributed by atoms with Crippen LogP contribution in [0.3, 0.4) is 0 Å². The fourth-order valence-electron chi connectivity index (χ4n) is 4.42. The molecule has 1 aromatic heterocycles. The molecule has 2 aromatic rings. The summed E-state index contributed by atoms with van der Waals surface area (Å²) in [6.45, 7) is 7.14. The highest BCUT2D eigenvalue weighted by Crippen LogP contribution is 2.25. The van der Waals surface area contributed by atoms with Crippen molar-refractivity contribution in [1.29, 1.82) is 0 Å². The molecule has 144 valence electrons. The third-order valence-electron chi connectivity index (χ3n) is 5.96. The lowest BCUT2D eigenvalue weighted by atomic mass is 10.1. The number of rotatable bonds is 3. The van der Waals surface area contributed by atoms with Crippen LogP contribution in [0.5, 0.6) is 0 Å². The fourth-order valence-corrected chi connectivity index (χ4v) is 4.42. The van der Waals surface area contributed by atoms with Gasteiger partial charge in [-0.2, -0.15) is 5.10 Å². The molecular formula is C21H28N4O2. The Morgan fingerprint density at radius 2 is 1.67 bits per heavy atom. The summed E-state index contributed by atoms with van der Waals surface area (Å²) in [6.07, 6.45) is 5.24. The summed E-state index contributed by atoms with van der Waals surface area (Å²) in [5, 5.41) is 5.69. The third-order valence-corrected chi connectivity index (χ3v) is 5.96. The van der Waals surface area contributed by atoms with Gasteiger partial charge < -0.3 is 4.90 Å². The van der Waals surface area contributed by atoms with E-state index in [4.69, 9.17) is 0 Å². The number of carbonyl (C=O) groups excluding carboxylic acids is 1. The molecule has 6 nitrogen and oxygen atoms in total. The van der Waals surface area contributed by atoms with Gasteiger partial charge in [0, 0.05) is 37.6 Å². The second-order valence-electron chi connectivity index (χ2n) is 8.00. The van der Waals surface area contributed by atoms with E-state index in [1.54, 1.807) is 6.07 Å². The van der Waals surface area contributed by atoms with Crippen LogP contribution in [-0.2, 0) is 0 Å². The summed E-state index contributed by atoms with van der Waals surface area (Å²) in [5.41, 5.74) is 0.261. The normalized spacial score (nSPS) is 19.3. The molecule has 4 rings (SSSR count). The quantitative estimate of drug-likeness (QED) is 0.836. The minimum absolute atomic E-state index is 0.0633. The number of hydrogen-bond donors (Lipinski definition) is 0. The number of piperazine rings is 1. The molecule has 6 heteroatoms. The smallest absolute Gasteiger partial charge is 0.275 e. The highest BCUT2D eigenvalue weighted by molar-refractivity contribution is 6.04. The molecule has 1 amide bonds. The van der Waals surface area contributed by atoms with E-state index in [0.717, 1.165) is 26.2 Å². The Bertz CT molecular complexity index is 891. The second kappa shape index (κ2) is 7.43. The monoisotopic (exact) mass is 368 g/mol. The Hall–Kier alpha value is -2.21. The summed E-state index contributed by atoms with van der Waals surface area (Å²) in [5.74, 6) is -0.0633. The van der Waals surface area contributed by atoms with Gasteiger partial charge in [-0.05, 0) is 32.8 Å². The van der Waals surface area contributed by atoms with Gasteiger partial charge in [-0.3, -0.25) is 14.5 Å². The van der Waals surface area contributed by atoms with Crippen LogP contribution in [0, 0.1) is 0 Å². The average molecular weight is 368 g/mol. The minimum atomic E-state index is -0.136. The van der Waals surface area contributed by atoms with Gasteiger partial charge in [-0.1, -0.05) is 31.0 Å². The van der Waals surface area contributed by atoms with Gasteiger partial charge in [-0.15, -0.1) is 0 Å². The summed E-state index contributed by atoms with van der Waals surface area (Å²) in [6, 6.07) is 7.92. The molecule has 0 radical (unpaired) electrons. The number of aromatic nitrogens is 2. The van der Waals surface area contributed by atoms with E-state index in [1.165, 1.54) is 30.4 Å². The predicted octanol–water partition coefficient (Wildman–Crippen LogP) is 2.68. The summed E-state index contributed by atoms with van der Waals surface area (Å²) >= 11 is 0. The SMILES string of the molecule is CC(C)n1nc(C(=O)N2CCN(C3CCCC3)CC2)c2ccccc2c1=O. The van der Waals surface area contributed by atoms with Crippen LogP contribution in [0.2, 0.25) is 0 Å². The third kappa shape index (κ3) is 3.38. The molecule has 0 atom stereocenters. The first-order chi connectivity index (χ1) is 13.1. The maximum absolute atomic E-state index is 13.3. The molecular weight excluding hydrogens is 340 g/mol. The first-order valence-electron chi connectivity index (χ1n) is 10.1. The number of hydrogen-bond acceptors (Lipinski definition) is 4. The van der Waals surface area contributed by atoms with Crippen LogP contribution in [-0.4, -0.2) is 57.7 Å². The first-order valence-corrected chi connectivity index (χ1v) is 10.1. The highest BCUT2D eigenvalue weighted by atomic mass is 16.2. The van der Waals surface area contributed by atoms with E-state index in [1.807, 2.05) is 36.9 Å². The standard InChI is InChI=1S/C21H28N4O2/c1-15(2)25-20(26)18-10-6-5-9-17(18)19(22-25)21(27)24-13-11-23(12-14-24)16-7-3-4-8-16/h5-6,9-10,15-16H,3-4,7-8,11-14H2,1-2H3. The molecule has 2 heterocycles. The van der Waals surface area contributed by atoms with E-state index in [2.05, 4.69) is 10.00 Å². The van der Waals surface area contributed by atoms with Crippen molar-refractivity contribution in [2.45, 2.75) is 51.6 Å². The van der Waals surface area contributed by atoms with Crippen LogP contribution >= 0.6 is 0 Å². The van der Waals surface area contributed by atoms with Crippen LogP contribution in [0.4, 0.5) is 0 Å². The van der Waals surface area contributed by atoms with Crippen molar-refractivity contribution in [3.05, 3.63) is 40.3 Å². The van der Waals surface area contributed by atoms with E-state index in [9.17, 15) is 9.59 Å². The summed E-state index contributed by atoms with van der Waals surface area (Å²) in [7, 11) is 0. The van der Waals surface area contributed by atoms with Crippen molar-refractivity contribution >= 4 is 16.7 Å². The molecule has 1 saturated heterocycles. The van der Waals surface area contributed by atoms with Crippen LogP contribution < -0.4 is 5.56 Å². The maximum atomic E-state index is 13.3. The van der Waals surface area contributed by atoms with Crippen LogP contribution in [0.15, 0.2) is 29.1 Å². The molecule has 1 aliphatic carbocycles. The summed E-state index contributed by atoms with van der Waals surface area (Å²) < 4.78 is 1.43. The number of nitrogens with zero attached hydrogens (tertiary/aromatic N) is 4. The number of fused-ring (bicyclic) bond motifs is 1. The molecule has 2 fully saturated rings. The molecule has 27 heavy (non-hydrogen) atoms. The van der Waals surface area contributed by atoms with E-state index < -0.39 is 0 Å². The lowest BCUT2D eigenvalue weighted by Crippen LogP contribution is -2.51. The Morgan fingerprint density at radius 1 is 1.04 bits per heavy atom. The minimum Gasteiger partial charge on any atom is -0.335 e. The van der Waals surface area contributed by atoms with Crippen molar-refractivity contribution in [2.75, 3.05) is 26.2 Å². The van der Waals surface area contributed by atoms with Gasteiger partial charge in [0.15, 0.2) is 5.69 Å². The fraction of sp³-hybridized carbons (Fsp3) is 0.571. The number of amides is 1. The second-order valence-corrected chi connectivity index (χ2v) is 8.00. The van der Waals surface area contributed by atoms with E-state index >= 15 is 0 Å². The Kier molecular flexibility index (Phi) is 5.00. The zero-order valence-corrected chi connectivity index (χ0v) is 16.2. The van der Waals surface area contributed by atoms with Gasteiger partial charge in [0.05, 0.1) is 11.4 Å².